The summed E-state index contributed by atoms with van der Waals surface area (Å²) in [5.41, 5.74) is 2.17. The van der Waals surface area contributed by atoms with Crippen LogP contribution in [0.15, 0.2) is 54.6 Å². The largest absolute Gasteiger partial charge is 0.468 e. The van der Waals surface area contributed by atoms with Crippen LogP contribution in [-0.2, 0) is 23.9 Å². The number of fused-ring (bicyclic) bond motifs is 3. The fourth-order valence-electron chi connectivity index (χ4n) is 3.84. The van der Waals surface area contributed by atoms with E-state index in [1.807, 2.05) is 59.2 Å². The second-order valence-corrected chi connectivity index (χ2v) is 6.86. The molecule has 8 nitrogen and oxygen atoms in total. The Balaban J connectivity index is 1.99. The molecule has 0 bridgehead atoms. The van der Waals surface area contributed by atoms with Crippen molar-refractivity contribution in [1.29, 1.82) is 0 Å². The maximum atomic E-state index is 13.5. The molecule has 2 atom stereocenters. The third kappa shape index (κ3) is 3.20. The fraction of sp³-hybridized carbons (Fsp3) is 0.273. The van der Waals surface area contributed by atoms with Crippen molar-refractivity contribution in [3.05, 3.63) is 60.2 Å². The molecule has 2 aromatic carbocycles. The van der Waals surface area contributed by atoms with E-state index in [4.69, 9.17) is 9.47 Å². The van der Waals surface area contributed by atoms with Gasteiger partial charge in [0.05, 0.1) is 30.8 Å². The van der Waals surface area contributed by atoms with Gasteiger partial charge in [0.25, 0.3) is 0 Å². The van der Waals surface area contributed by atoms with E-state index in [2.05, 4.69) is 4.98 Å². The molecule has 0 N–H and O–H groups in total. The minimum absolute atomic E-state index is 0.138. The summed E-state index contributed by atoms with van der Waals surface area (Å²) in [4.78, 5) is 44.3. The zero-order valence-corrected chi connectivity index (χ0v) is 16.6. The highest BCUT2D eigenvalue weighted by molar-refractivity contribution is 6.10. The molecule has 0 aliphatic carbocycles. The van der Waals surface area contributed by atoms with Gasteiger partial charge in [0, 0.05) is 0 Å². The van der Waals surface area contributed by atoms with Crippen molar-refractivity contribution in [1.82, 2.24) is 9.55 Å². The Morgan fingerprint density at radius 2 is 1.77 bits per heavy atom. The monoisotopic (exact) mass is 407 g/mol. The summed E-state index contributed by atoms with van der Waals surface area (Å²) in [6, 6.07) is 16.0. The Hall–Kier alpha value is -3.68. The van der Waals surface area contributed by atoms with Crippen LogP contribution < -0.4 is 4.90 Å². The SMILES string of the molecule is CCOC(=O)[C@H]1C(=O)N(CC(=O)OC)c2nc3ccccc3n2[C@@H]1c1ccccc1. The quantitative estimate of drug-likeness (QED) is 0.476. The topological polar surface area (TPSA) is 90.7 Å². The first-order chi connectivity index (χ1) is 14.6. The van der Waals surface area contributed by atoms with Crippen molar-refractivity contribution in [2.75, 3.05) is 25.2 Å². The Morgan fingerprint density at radius 3 is 2.47 bits per heavy atom. The van der Waals surface area contributed by atoms with Crippen LogP contribution in [-0.4, -0.2) is 47.7 Å². The first-order valence-electron chi connectivity index (χ1n) is 9.63. The molecule has 1 aliphatic heterocycles. The summed E-state index contributed by atoms with van der Waals surface area (Å²) < 4.78 is 11.8. The van der Waals surface area contributed by atoms with Crippen molar-refractivity contribution in [3.63, 3.8) is 0 Å². The molecule has 154 valence electrons. The van der Waals surface area contributed by atoms with Gasteiger partial charge < -0.3 is 14.0 Å². The number of methoxy groups -OCH3 is 1. The van der Waals surface area contributed by atoms with Crippen LogP contribution in [0.4, 0.5) is 5.95 Å². The van der Waals surface area contributed by atoms with Crippen LogP contribution in [0.5, 0.6) is 0 Å². The van der Waals surface area contributed by atoms with Gasteiger partial charge in [-0.2, -0.15) is 0 Å². The number of hydrogen-bond donors (Lipinski definition) is 0. The van der Waals surface area contributed by atoms with E-state index < -0.39 is 29.8 Å². The number of esters is 2. The molecule has 8 heteroatoms. The molecule has 3 aromatic rings. The van der Waals surface area contributed by atoms with Gasteiger partial charge in [0.1, 0.15) is 6.54 Å². The number of hydrogen-bond acceptors (Lipinski definition) is 6. The predicted octanol–water partition coefficient (Wildman–Crippen LogP) is 2.32. The normalized spacial score (nSPS) is 18.2. The summed E-state index contributed by atoms with van der Waals surface area (Å²) in [6.45, 7) is 1.47. The molecule has 0 fully saturated rings. The smallest absolute Gasteiger partial charge is 0.325 e. The average molecular weight is 407 g/mol. The van der Waals surface area contributed by atoms with E-state index in [1.54, 1.807) is 6.92 Å². The van der Waals surface area contributed by atoms with Gasteiger partial charge in [-0.15, -0.1) is 0 Å². The summed E-state index contributed by atoms with van der Waals surface area (Å²) >= 11 is 0. The van der Waals surface area contributed by atoms with E-state index in [0.29, 0.717) is 11.5 Å². The molecule has 2 heterocycles. The molecular formula is C22H21N3O5. The highest BCUT2D eigenvalue weighted by Gasteiger charge is 2.48. The van der Waals surface area contributed by atoms with Crippen molar-refractivity contribution >= 4 is 34.8 Å². The number of aromatic nitrogens is 2. The third-order valence-corrected chi connectivity index (χ3v) is 5.14. The molecule has 0 radical (unpaired) electrons. The molecule has 1 aliphatic rings. The third-order valence-electron chi connectivity index (χ3n) is 5.14. The van der Waals surface area contributed by atoms with Crippen LogP contribution in [0.1, 0.15) is 18.5 Å². The number of nitrogens with zero attached hydrogens (tertiary/aromatic N) is 3. The van der Waals surface area contributed by atoms with Crippen molar-refractivity contribution in [2.45, 2.75) is 13.0 Å². The molecule has 0 saturated heterocycles. The molecule has 30 heavy (non-hydrogen) atoms. The first-order valence-corrected chi connectivity index (χ1v) is 9.63. The highest BCUT2D eigenvalue weighted by Crippen LogP contribution is 2.41. The van der Waals surface area contributed by atoms with Gasteiger partial charge in [0.2, 0.25) is 11.9 Å². The molecule has 1 aromatic heterocycles. The fourth-order valence-corrected chi connectivity index (χ4v) is 3.84. The van der Waals surface area contributed by atoms with E-state index in [9.17, 15) is 14.4 Å². The van der Waals surface area contributed by atoms with Crippen LogP contribution in [0.2, 0.25) is 0 Å². The summed E-state index contributed by atoms with van der Waals surface area (Å²) in [5, 5.41) is 0. The summed E-state index contributed by atoms with van der Waals surface area (Å²) in [5.74, 6) is -2.67. The zero-order valence-electron chi connectivity index (χ0n) is 16.6. The van der Waals surface area contributed by atoms with Gasteiger partial charge in [0.15, 0.2) is 5.92 Å². The second kappa shape index (κ2) is 7.98. The number of para-hydroxylation sites is 2. The first kappa shape index (κ1) is 19.6. The number of benzene rings is 2. The number of anilines is 1. The van der Waals surface area contributed by atoms with Crippen molar-refractivity contribution < 1.29 is 23.9 Å². The van der Waals surface area contributed by atoms with Crippen LogP contribution in [0.3, 0.4) is 0 Å². The van der Waals surface area contributed by atoms with Gasteiger partial charge in [-0.05, 0) is 24.6 Å². The average Bonchev–Trinajstić information content (AvgIpc) is 3.15. The van der Waals surface area contributed by atoms with Crippen molar-refractivity contribution in [2.24, 2.45) is 5.92 Å². The Kier molecular flexibility index (Phi) is 5.22. The summed E-state index contributed by atoms with van der Waals surface area (Å²) in [6.07, 6.45) is 0. The lowest BCUT2D eigenvalue weighted by Crippen LogP contribution is -2.51. The van der Waals surface area contributed by atoms with Gasteiger partial charge in [-0.25, -0.2) is 4.98 Å². The molecule has 4 rings (SSSR count). The highest BCUT2D eigenvalue weighted by atomic mass is 16.5. The molecule has 1 amide bonds. The number of imidazole rings is 1. The number of carbonyl (C=O) groups excluding carboxylic acids is 3. The lowest BCUT2D eigenvalue weighted by atomic mass is 9.89. The van der Waals surface area contributed by atoms with Gasteiger partial charge >= 0.3 is 11.9 Å². The van der Waals surface area contributed by atoms with E-state index in [1.165, 1.54) is 12.0 Å². The number of amides is 1. The van der Waals surface area contributed by atoms with Crippen molar-refractivity contribution in [3.8, 4) is 0 Å². The van der Waals surface area contributed by atoms with E-state index >= 15 is 0 Å². The molecule has 0 spiro atoms. The van der Waals surface area contributed by atoms with E-state index in [-0.39, 0.29) is 13.2 Å². The Morgan fingerprint density at radius 1 is 1.07 bits per heavy atom. The van der Waals surface area contributed by atoms with Crippen LogP contribution >= 0.6 is 0 Å². The zero-order chi connectivity index (χ0) is 21.3. The van der Waals surface area contributed by atoms with Crippen LogP contribution in [0.25, 0.3) is 11.0 Å². The van der Waals surface area contributed by atoms with Gasteiger partial charge in [-0.1, -0.05) is 42.5 Å². The number of carbonyl (C=O) groups is 3. The standard InChI is InChI=1S/C22H21N3O5/c1-3-30-21(28)18-19(14-9-5-4-6-10-14)25-16-12-8-7-11-15(16)23-22(25)24(20(18)27)13-17(26)29-2/h4-12,18-19H,3,13H2,1-2H3/t18-,19-/m1/s1. The molecular weight excluding hydrogens is 386 g/mol. The number of ether oxygens (including phenoxy) is 2. The van der Waals surface area contributed by atoms with E-state index in [0.717, 1.165) is 11.1 Å². The van der Waals surface area contributed by atoms with Gasteiger partial charge in [-0.3, -0.25) is 19.3 Å². The Bertz CT molecular complexity index is 1110. The predicted molar refractivity (Wildman–Crippen MR) is 109 cm³/mol. The molecule has 0 unspecified atom stereocenters. The lowest BCUT2D eigenvalue weighted by Gasteiger charge is -2.37. The minimum Gasteiger partial charge on any atom is -0.468 e. The lowest BCUT2D eigenvalue weighted by molar-refractivity contribution is -0.154. The van der Waals surface area contributed by atoms with Crippen LogP contribution in [0, 0.1) is 5.92 Å². The summed E-state index contributed by atoms with van der Waals surface area (Å²) in [7, 11) is 1.25. The Labute approximate surface area is 173 Å². The second-order valence-electron chi connectivity index (χ2n) is 6.86. The minimum atomic E-state index is -1.16. The maximum absolute atomic E-state index is 13.5. The maximum Gasteiger partial charge on any atom is 0.325 e. The number of rotatable bonds is 5. The molecule has 0 saturated carbocycles.